The monoisotopic (exact) mass is 250 g/mol. The lowest BCUT2D eigenvalue weighted by molar-refractivity contribution is 0.423. The quantitative estimate of drug-likeness (QED) is 0.719. The maximum atomic E-state index is 6.28. The topological polar surface area (TPSA) is 24.1 Å². The molecule has 2 nitrogen and oxygen atoms in total. The molecule has 0 unspecified atom stereocenters. The first-order chi connectivity index (χ1) is 8.29. The molecule has 1 aliphatic heterocycles. The normalized spacial score (nSPS) is 22.2. The Balaban J connectivity index is 1.90. The fourth-order valence-corrected chi connectivity index (χ4v) is 3.30. The van der Waals surface area contributed by atoms with Crippen molar-refractivity contribution in [3.05, 3.63) is 23.2 Å². The first-order valence-electron chi connectivity index (χ1n) is 6.60. The lowest BCUT2D eigenvalue weighted by Gasteiger charge is -2.40. The Kier molecular flexibility index (Phi) is 2.91. The Morgan fingerprint density at radius 2 is 1.82 bits per heavy atom. The van der Waals surface area contributed by atoms with Crippen molar-refractivity contribution in [3.63, 3.8) is 0 Å². The summed E-state index contributed by atoms with van der Waals surface area (Å²) in [5.74, 6) is 0. The summed E-state index contributed by atoms with van der Waals surface area (Å²) in [5.41, 5.74) is 2.48. The largest absolute Gasteiger partial charge is 0.381 e. The minimum Gasteiger partial charge on any atom is -0.381 e. The van der Waals surface area contributed by atoms with Crippen molar-refractivity contribution in [3.8, 4) is 0 Å². The van der Waals surface area contributed by atoms with Gasteiger partial charge < -0.3 is 10.6 Å². The van der Waals surface area contributed by atoms with Crippen molar-refractivity contribution in [2.45, 2.75) is 44.1 Å². The average Bonchev–Trinajstić information content (AvgIpc) is 2.57. The van der Waals surface area contributed by atoms with E-state index in [2.05, 4.69) is 16.7 Å². The predicted molar refractivity (Wildman–Crippen MR) is 74.0 cm³/mol. The number of benzene rings is 1. The highest BCUT2D eigenvalue weighted by atomic mass is 35.5. The third kappa shape index (κ3) is 2.11. The van der Waals surface area contributed by atoms with Crippen LogP contribution in [0.2, 0.25) is 5.02 Å². The van der Waals surface area contributed by atoms with E-state index in [0.29, 0.717) is 0 Å². The van der Waals surface area contributed by atoms with Crippen LogP contribution >= 0.6 is 11.6 Å². The van der Waals surface area contributed by atoms with Gasteiger partial charge in [0, 0.05) is 6.54 Å². The maximum Gasteiger partial charge on any atom is 0.0770 e. The minimum atomic E-state index is 0.231. The maximum absolute atomic E-state index is 6.28. The van der Waals surface area contributed by atoms with Crippen LogP contribution in [0.25, 0.3) is 0 Å². The van der Waals surface area contributed by atoms with Crippen LogP contribution in [-0.2, 0) is 0 Å². The van der Waals surface area contributed by atoms with E-state index in [0.717, 1.165) is 22.9 Å². The molecule has 1 saturated carbocycles. The van der Waals surface area contributed by atoms with E-state index in [-0.39, 0.29) is 5.54 Å². The van der Waals surface area contributed by atoms with Crippen molar-refractivity contribution >= 4 is 23.0 Å². The molecule has 1 heterocycles. The average molecular weight is 251 g/mol. The SMILES string of the molecule is Clc1cccc2c1NC1(CCCCCC1)CN2. The standard InChI is InChI=1S/C14H19ClN2/c15-11-6-5-7-12-13(11)17-14(10-16-12)8-3-1-2-4-9-14/h5-7,16-17H,1-4,8-10H2. The predicted octanol–water partition coefficient (Wildman–Crippen LogP) is 4.27. The second-order valence-corrected chi connectivity index (χ2v) is 5.74. The van der Waals surface area contributed by atoms with Gasteiger partial charge >= 0.3 is 0 Å². The molecule has 1 aliphatic carbocycles. The van der Waals surface area contributed by atoms with Crippen LogP contribution in [0.3, 0.4) is 0 Å². The van der Waals surface area contributed by atoms with Crippen molar-refractivity contribution in [1.82, 2.24) is 0 Å². The molecule has 2 N–H and O–H groups in total. The van der Waals surface area contributed by atoms with E-state index in [1.807, 2.05) is 12.1 Å². The van der Waals surface area contributed by atoms with Gasteiger partial charge in [0.2, 0.25) is 0 Å². The molecule has 1 aromatic carbocycles. The van der Waals surface area contributed by atoms with Gasteiger partial charge in [-0.15, -0.1) is 0 Å². The summed E-state index contributed by atoms with van der Waals surface area (Å²) in [6, 6.07) is 6.06. The zero-order chi connectivity index (χ0) is 11.7. The van der Waals surface area contributed by atoms with Crippen LogP contribution in [0.5, 0.6) is 0 Å². The summed E-state index contributed by atoms with van der Waals surface area (Å²) in [4.78, 5) is 0. The van der Waals surface area contributed by atoms with Gasteiger partial charge in [-0.1, -0.05) is 43.4 Å². The van der Waals surface area contributed by atoms with Gasteiger partial charge in [0.15, 0.2) is 0 Å². The number of hydrogen-bond donors (Lipinski definition) is 2. The number of halogens is 1. The molecule has 0 bridgehead atoms. The Morgan fingerprint density at radius 1 is 1.06 bits per heavy atom. The van der Waals surface area contributed by atoms with Crippen LogP contribution in [-0.4, -0.2) is 12.1 Å². The molecule has 3 rings (SSSR count). The van der Waals surface area contributed by atoms with E-state index in [1.54, 1.807) is 0 Å². The molecule has 0 aromatic heterocycles. The van der Waals surface area contributed by atoms with Gasteiger partial charge in [0.1, 0.15) is 0 Å². The van der Waals surface area contributed by atoms with E-state index < -0.39 is 0 Å². The molecule has 0 saturated heterocycles. The molecule has 2 aliphatic rings. The highest BCUT2D eigenvalue weighted by Gasteiger charge is 2.34. The first-order valence-corrected chi connectivity index (χ1v) is 6.98. The van der Waals surface area contributed by atoms with Gasteiger partial charge in [0.05, 0.1) is 21.9 Å². The number of hydrogen-bond acceptors (Lipinski definition) is 2. The minimum absolute atomic E-state index is 0.231. The smallest absolute Gasteiger partial charge is 0.0770 e. The fraction of sp³-hybridized carbons (Fsp3) is 0.571. The van der Waals surface area contributed by atoms with Crippen LogP contribution in [0, 0.1) is 0 Å². The Bertz CT molecular complexity index is 409. The van der Waals surface area contributed by atoms with Gasteiger partial charge in [-0.3, -0.25) is 0 Å². The molecular weight excluding hydrogens is 232 g/mol. The summed E-state index contributed by atoms with van der Waals surface area (Å²) in [5, 5.41) is 8.10. The van der Waals surface area contributed by atoms with Gasteiger partial charge in [-0.2, -0.15) is 0 Å². The Labute approximate surface area is 108 Å². The zero-order valence-electron chi connectivity index (χ0n) is 10.1. The van der Waals surface area contributed by atoms with Crippen LogP contribution in [0.4, 0.5) is 11.4 Å². The van der Waals surface area contributed by atoms with E-state index in [1.165, 1.54) is 38.5 Å². The molecule has 0 atom stereocenters. The molecular formula is C14H19ClN2. The number of para-hydroxylation sites is 1. The number of fused-ring (bicyclic) bond motifs is 1. The summed E-state index contributed by atoms with van der Waals surface area (Å²) in [7, 11) is 0. The molecule has 92 valence electrons. The molecule has 1 spiro atoms. The number of nitrogens with one attached hydrogen (secondary N) is 2. The number of rotatable bonds is 0. The highest BCUT2D eigenvalue weighted by molar-refractivity contribution is 6.34. The summed E-state index contributed by atoms with van der Waals surface area (Å²) in [6.45, 7) is 1.03. The molecule has 1 aromatic rings. The van der Waals surface area contributed by atoms with Crippen LogP contribution in [0.1, 0.15) is 38.5 Å². The summed E-state index contributed by atoms with van der Waals surface area (Å²) in [6.07, 6.45) is 7.91. The number of anilines is 2. The summed E-state index contributed by atoms with van der Waals surface area (Å²) < 4.78 is 0. The molecule has 0 radical (unpaired) electrons. The molecule has 0 amide bonds. The molecule has 1 fully saturated rings. The van der Waals surface area contributed by atoms with Crippen LogP contribution < -0.4 is 10.6 Å². The third-order valence-corrected chi connectivity index (χ3v) is 4.40. The van der Waals surface area contributed by atoms with E-state index >= 15 is 0 Å². The molecule has 3 heteroatoms. The van der Waals surface area contributed by atoms with Gasteiger partial charge in [-0.05, 0) is 25.0 Å². The zero-order valence-corrected chi connectivity index (χ0v) is 10.8. The van der Waals surface area contributed by atoms with Gasteiger partial charge in [-0.25, -0.2) is 0 Å². The van der Waals surface area contributed by atoms with Crippen molar-refractivity contribution < 1.29 is 0 Å². The van der Waals surface area contributed by atoms with Gasteiger partial charge in [0.25, 0.3) is 0 Å². The van der Waals surface area contributed by atoms with E-state index in [4.69, 9.17) is 11.6 Å². The second-order valence-electron chi connectivity index (χ2n) is 5.34. The van der Waals surface area contributed by atoms with Crippen molar-refractivity contribution in [2.24, 2.45) is 0 Å². The van der Waals surface area contributed by atoms with Crippen molar-refractivity contribution in [1.29, 1.82) is 0 Å². The van der Waals surface area contributed by atoms with Crippen molar-refractivity contribution in [2.75, 3.05) is 17.2 Å². The van der Waals surface area contributed by atoms with Crippen LogP contribution in [0.15, 0.2) is 18.2 Å². The fourth-order valence-electron chi connectivity index (χ4n) is 3.08. The highest BCUT2D eigenvalue weighted by Crippen LogP contribution is 2.40. The lowest BCUT2D eigenvalue weighted by Crippen LogP contribution is -2.47. The lowest BCUT2D eigenvalue weighted by atomic mass is 9.88. The van der Waals surface area contributed by atoms with E-state index in [9.17, 15) is 0 Å². The second kappa shape index (κ2) is 4.41. The molecule has 17 heavy (non-hydrogen) atoms. The Hall–Kier alpha value is -0.890. The Morgan fingerprint density at radius 3 is 2.59 bits per heavy atom. The first kappa shape index (κ1) is 11.2. The third-order valence-electron chi connectivity index (χ3n) is 4.08. The summed E-state index contributed by atoms with van der Waals surface area (Å²) >= 11 is 6.28.